The van der Waals surface area contributed by atoms with Crippen molar-refractivity contribution in [3.63, 3.8) is 0 Å². The molecule has 0 aliphatic rings. The van der Waals surface area contributed by atoms with Crippen molar-refractivity contribution < 1.29 is 9.94 Å². The van der Waals surface area contributed by atoms with Gasteiger partial charge >= 0.3 is 0 Å². The molecular weight excluding hydrogens is 206 g/mol. The molecule has 16 heavy (non-hydrogen) atoms. The third kappa shape index (κ3) is 3.12. The van der Waals surface area contributed by atoms with E-state index in [0.29, 0.717) is 17.4 Å². The van der Waals surface area contributed by atoms with Gasteiger partial charge in [0, 0.05) is 17.8 Å². The number of pyridine rings is 1. The number of ether oxygens (including phenoxy) is 1. The van der Waals surface area contributed by atoms with Crippen molar-refractivity contribution in [2.24, 2.45) is 16.8 Å². The van der Waals surface area contributed by atoms with Crippen LogP contribution in [0.1, 0.15) is 26.3 Å². The van der Waals surface area contributed by atoms with Gasteiger partial charge in [0.1, 0.15) is 0 Å². The molecule has 0 saturated carbocycles. The highest BCUT2D eigenvalue weighted by atomic mass is 16.5. The Bertz CT molecular complexity index is 377. The highest BCUT2D eigenvalue weighted by Crippen LogP contribution is 2.14. The van der Waals surface area contributed by atoms with Crippen LogP contribution in [-0.4, -0.2) is 22.1 Å². The first kappa shape index (κ1) is 12.3. The molecule has 0 amide bonds. The Hall–Kier alpha value is -1.78. The van der Waals surface area contributed by atoms with Crippen molar-refractivity contribution >= 4 is 5.84 Å². The topological polar surface area (TPSA) is 80.7 Å². The second-order valence-electron chi connectivity index (χ2n) is 3.93. The molecule has 0 saturated heterocycles. The fourth-order valence-electron chi connectivity index (χ4n) is 1.02. The average Bonchev–Trinajstić information content (AvgIpc) is 2.28. The van der Waals surface area contributed by atoms with Crippen LogP contribution in [0.5, 0.6) is 5.88 Å². The number of oxime groups is 1. The quantitative estimate of drug-likeness (QED) is 0.351. The van der Waals surface area contributed by atoms with E-state index in [1.165, 1.54) is 0 Å². The van der Waals surface area contributed by atoms with Gasteiger partial charge in [-0.1, -0.05) is 19.0 Å². The zero-order valence-corrected chi connectivity index (χ0v) is 9.71. The van der Waals surface area contributed by atoms with Crippen LogP contribution in [0.3, 0.4) is 0 Å². The van der Waals surface area contributed by atoms with Crippen molar-refractivity contribution in [1.82, 2.24) is 4.98 Å². The molecule has 3 N–H and O–H groups in total. The Morgan fingerprint density at radius 3 is 2.75 bits per heavy atom. The van der Waals surface area contributed by atoms with E-state index in [-0.39, 0.29) is 11.9 Å². The predicted octanol–water partition coefficient (Wildman–Crippen LogP) is 1.60. The monoisotopic (exact) mass is 223 g/mol. The van der Waals surface area contributed by atoms with Gasteiger partial charge in [0.05, 0.1) is 6.10 Å². The van der Waals surface area contributed by atoms with Gasteiger partial charge in [-0.3, -0.25) is 0 Å². The first-order valence-electron chi connectivity index (χ1n) is 5.15. The minimum absolute atomic E-state index is 0.0458. The van der Waals surface area contributed by atoms with Gasteiger partial charge in [-0.05, 0) is 18.9 Å². The molecule has 0 bridgehead atoms. The Morgan fingerprint density at radius 2 is 2.19 bits per heavy atom. The Morgan fingerprint density at radius 1 is 1.50 bits per heavy atom. The molecule has 0 radical (unpaired) electrons. The molecule has 5 nitrogen and oxygen atoms in total. The van der Waals surface area contributed by atoms with E-state index >= 15 is 0 Å². The minimum atomic E-state index is 0.0458. The van der Waals surface area contributed by atoms with Crippen LogP contribution in [0.25, 0.3) is 0 Å². The zero-order chi connectivity index (χ0) is 12.1. The minimum Gasteiger partial charge on any atom is -0.474 e. The summed E-state index contributed by atoms with van der Waals surface area (Å²) in [6.07, 6.45) is 1.63. The fraction of sp³-hybridized carbons (Fsp3) is 0.455. The summed E-state index contributed by atoms with van der Waals surface area (Å²) in [4.78, 5) is 4.06. The molecule has 0 aromatic carbocycles. The lowest BCUT2D eigenvalue weighted by Gasteiger charge is -2.17. The van der Waals surface area contributed by atoms with Crippen LogP contribution in [0, 0.1) is 5.92 Å². The van der Waals surface area contributed by atoms with Gasteiger partial charge in [-0.15, -0.1) is 0 Å². The van der Waals surface area contributed by atoms with E-state index in [4.69, 9.17) is 15.7 Å². The molecule has 0 spiro atoms. The Kier molecular flexibility index (Phi) is 4.10. The lowest BCUT2D eigenvalue weighted by atomic mass is 10.1. The highest BCUT2D eigenvalue weighted by molar-refractivity contribution is 5.97. The van der Waals surface area contributed by atoms with E-state index < -0.39 is 0 Å². The lowest BCUT2D eigenvalue weighted by molar-refractivity contribution is 0.163. The van der Waals surface area contributed by atoms with E-state index in [0.717, 1.165) is 0 Å². The maximum absolute atomic E-state index is 8.55. The number of hydrogen-bond donors (Lipinski definition) is 2. The molecule has 1 aromatic rings. The second kappa shape index (κ2) is 5.34. The van der Waals surface area contributed by atoms with Crippen molar-refractivity contribution in [3.05, 3.63) is 23.9 Å². The van der Waals surface area contributed by atoms with Crippen LogP contribution >= 0.6 is 0 Å². The molecule has 1 aromatic heterocycles. The summed E-state index contributed by atoms with van der Waals surface area (Å²) in [5, 5.41) is 11.5. The summed E-state index contributed by atoms with van der Waals surface area (Å²) in [7, 11) is 0. The molecule has 1 rings (SSSR count). The van der Waals surface area contributed by atoms with Crippen LogP contribution in [0.15, 0.2) is 23.5 Å². The standard InChI is InChI=1S/C11H17N3O2/c1-7(2)8(3)16-10-6-9(4-5-13-10)11(12)14-15/h4-8,15H,1-3H3,(H2,12,14). The maximum atomic E-state index is 8.55. The third-order valence-electron chi connectivity index (χ3n) is 2.38. The largest absolute Gasteiger partial charge is 0.474 e. The molecule has 0 fully saturated rings. The summed E-state index contributed by atoms with van der Waals surface area (Å²) in [6.45, 7) is 6.11. The summed E-state index contributed by atoms with van der Waals surface area (Å²) >= 11 is 0. The number of rotatable bonds is 4. The number of aromatic nitrogens is 1. The molecule has 1 heterocycles. The Labute approximate surface area is 94.9 Å². The molecule has 1 atom stereocenters. The highest BCUT2D eigenvalue weighted by Gasteiger charge is 2.10. The first-order valence-corrected chi connectivity index (χ1v) is 5.15. The number of nitrogens with zero attached hydrogens (tertiary/aromatic N) is 2. The van der Waals surface area contributed by atoms with E-state index in [1.807, 2.05) is 6.92 Å². The molecule has 88 valence electrons. The molecule has 5 heteroatoms. The molecule has 0 aliphatic heterocycles. The summed E-state index contributed by atoms with van der Waals surface area (Å²) in [6, 6.07) is 3.30. The average molecular weight is 223 g/mol. The molecular formula is C11H17N3O2. The van der Waals surface area contributed by atoms with E-state index in [9.17, 15) is 0 Å². The van der Waals surface area contributed by atoms with Crippen molar-refractivity contribution in [3.8, 4) is 5.88 Å². The number of hydrogen-bond acceptors (Lipinski definition) is 4. The van der Waals surface area contributed by atoms with Gasteiger partial charge in [-0.2, -0.15) is 0 Å². The van der Waals surface area contributed by atoms with Gasteiger partial charge in [0.2, 0.25) is 5.88 Å². The maximum Gasteiger partial charge on any atom is 0.214 e. The smallest absolute Gasteiger partial charge is 0.214 e. The van der Waals surface area contributed by atoms with Crippen LogP contribution in [0.2, 0.25) is 0 Å². The summed E-state index contributed by atoms with van der Waals surface area (Å²) in [5.74, 6) is 0.920. The normalized spacial score (nSPS) is 13.9. The molecule has 1 unspecified atom stereocenters. The first-order chi connectivity index (χ1) is 7.54. The zero-order valence-electron chi connectivity index (χ0n) is 9.71. The van der Waals surface area contributed by atoms with Gasteiger partial charge < -0.3 is 15.7 Å². The van der Waals surface area contributed by atoms with E-state index in [1.54, 1.807) is 18.3 Å². The summed E-state index contributed by atoms with van der Waals surface area (Å²) < 4.78 is 5.61. The number of nitrogens with two attached hydrogens (primary N) is 1. The van der Waals surface area contributed by atoms with Crippen molar-refractivity contribution in [1.29, 1.82) is 0 Å². The SMILES string of the molecule is CC(C)C(C)Oc1cc(C(N)=NO)ccn1. The van der Waals surface area contributed by atoms with Crippen molar-refractivity contribution in [2.45, 2.75) is 26.9 Å². The van der Waals surface area contributed by atoms with Crippen molar-refractivity contribution in [2.75, 3.05) is 0 Å². The van der Waals surface area contributed by atoms with Crippen LogP contribution < -0.4 is 10.5 Å². The van der Waals surface area contributed by atoms with Crippen LogP contribution in [0.4, 0.5) is 0 Å². The second-order valence-corrected chi connectivity index (χ2v) is 3.93. The van der Waals surface area contributed by atoms with Crippen LogP contribution in [-0.2, 0) is 0 Å². The number of amidine groups is 1. The lowest BCUT2D eigenvalue weighted by Crippen LogP contribution is -2.20. The fourth-order valence-corrected chi connectivity index (χ4v) is 1.02. The predicted molar refractivity (Wildman–Crippen MR) is 61.7 cm³/mol. The third-order valence-corrected chi connectivity index (χ3v) is 2.38. The van der Waals surface area contributed by atoms with Gasteiger partial charge in [-0.25, -0.2) is 4.98 Å². The summed E-state index contributed by atoms with van der Waals surface area (Å²) in [5.41, 5.74) is 6.06. The molecule has 0 aliphatic carbocycles. The van der Waals surface area contributed by atoms with Gasteiger partial charge in [0.25, 0.3) is 0 Å². The van der Waals surface area contributed by atoms with E-state index in [2.05, 4.69) is 24.0 Å². The Balaban J connectivity index is 2.83. The van der Waals surface area contributed by atoms with Gasteiger partial charge in [0.15, 0.2) is 5.84 Å².